The van der Waals surface area contributed by atoms with Crippen LogP contribution < -0.4 is 0 Å². The number of likely N-dealkylation sites (tertiary alicyclic amines) is 1. The first-order valence-corrected chi connectivity index (χ1v) is 5.03. The summed E-state index contributed by atoms with van der Waals surface area (Å²) in [5.41, 5.74) is -0.240. The average Bonchev–Trinajstić information content (AvgIpc) is 2.64. The van der Waals surface area contributed by atoms with Crippen LogP contribution in [0.2, 0.25) is 0 Å². The maximum atomic E-state index is 11.7. The molecule has 1 saturated heterocycles. The van der Waals surface area contributed by atoms with Gasteiger partial charge < -0.3 is 15.0 Å². The Hall–Kier alpha value is -1.36. The highest BCUT2D eigenvalue weighted by Gasteiger charge is 2.46. The highest BCUT2D eigenvalue weighted by Crippen LogP contribution is 2.29. The Balaban J connectivity index is 1.98. The molecule has 82 valence electrons. The van der Waals surface area contributed by atoms with Gasteiger partial charge in [-0.05, 0) is 5.92 Å². The molecule has 1 fully saturated rings. The zero-order valence-electron chi connectivity index (χ0n) is 8.90. The molecule has 15 heavy (non-hydrogen) atoms. The van der Waals surface area contributed by atoms with Gasteiger partial charge in [0.05, 0.1) is 25.6 Å². The summed E-state index contributed by atoms with van der Waals surface area (Å²) < 4.78 is 0. The Kier molecular flexibility index (Phi) is 2.26. The number of nitrogens with one attached hydrogen (secondary N) is 1. The Labute approximate surface area is 88.1 Å². The van der Waals surface area contributed by atoms with E-state index < -0.39 is 5.60 Å². The van der Waals surface area contributed by atoms with Gasteiger partial charge in [-0.2, -0.15) is 0 Å². The highest BCUT2D eigenvalue weighted by atomic mass is 16.3. The maximum Gasteiger partial charge on any atom is 0.272 e. The van der Waals surface area contributed by atoms with E-state index >= 15 is 0 Å². The second-order valence-electron chi connectivity index (χ2n) is 4.38. The third kappa shape index (κ3) is 1.63. The molecular formula is C10H15N3O2. The van der Waals surface area contributed by atoms with Crippen LogP contribution in [-0.2, 0) is 0 Å². The van der Waals surface area contributed by atoms with Gasteiger partial charge in [0, 0.05) is 0 Å². The third-order valence-electron chi connectivity index (χ3n) is 3.02. The number of amides is 1. The van der Waals surface area contributed by atoms with Crippen molar-refractivity contribution in [2.45, 2.75) is 19.4 Å². The summed E-state index contributed by atoms with van der Waals surface area (Å²) in [4.78, 5) is 19.9. The van der Waals surface area contributed by atoms with Crippen LogP contribution in [-0.4, -0.2) is 44.6 Å². The molecule has 0 spiro atoms. The number of carbonyl (C=O) groups excluding carboxylic acids is 1. The van der Waals surface area contributed by atoms with Crippen LogP contribution in [0.1, 0.15) is 24.3 Å². The van der Waals surface area contributed by atoms with Gasteiger partial charge in [-0.15, -0.1) is 0 Å². The molecule has 0 radical (unpaired) electrons. The number of imidazole rings is 1. The molecule has 2 N–H and O–H groups in total. The molecule has 0 bridgehead atoms. The van der Waals surface area contributed by atoms with Crippen molar-refractivity contribution in [3.05, 3.63) is 18.2 Å². The summed E-state index contributed by atoms with van der Waals surface area (Å²) in [6.07, 6.45) is 2.97. The van der Waals surface area contributed by atoms with Gasteiger partial charge in [0.15, 0.2) is 0 Å². The number of hydrogen-bond acceptors (Lipinski definition) is 3. The van der Waals surface area contributed by atoms with Crippen LogP contribution in [0.3, 0.4) is 0 Å². The maximum absolute atomic E-state index is 11.7. The second-order valence-corrected chi connectivity index (χ2v) is 4.38. The summed E-state index contributed by atoms with van der Waals surface area (Å²) >= 11 is 0. The zero-order chi connectivity index (χ0) is 11.1. The lowest BCUT2D eigenvalue weighted by Gasteiger charge is -2.48. The fraction of sp³-hybridized carbons (Fsp3) is 0.600. The van der Waals surface area contributed by atoms with Crippen LogP contribution in [0.4, 0.5) is 0 Å². The van der Waals surface area contributed by atoms with E-state index in [1.165, 1.54) is 12.5 Å². The molecule has 0 aromatic carbocycles. The normalized spacial score (nSPS) is 19.1. The molecule has 2 heterocycles. The Morgan fingerprint density at radius 1 is 1.67 bits per heavy atom. The van der Waals surface area contributed by atoms with Gasteiger partial charge in [-0.3, -0.25) is 4.79 Å². The number of nitrogens with zero attached hydrogens (tertiary/aromatic N) is 2. The average molecular weight is 209 g/mol. The minimum atomic E-state index is -0.713. The predicted molar refractivity (Wildman–Crippen MR) is 54.3 cm³/mol. The predicted octanol–water partition coefficient (Wildman–Crippen LogP) is 0.253. The minimum absolute atomic E-state index is 0.0992. The smallest absolute Gasteiger partial charge is 0.272 e. The highest BCUT2D eigenvalue weighted by molar-refractivity contribution is 5.92. The number of rotatable bonds is 2. The molecule has 0 aliphatic carbocycles. The van der Waals surface area contributed by atoms with E-state index in [4.69, 9.17) is 0 Å². The molecular weight excluding hydrogens is 194 g/mol. The first-order valence-electron chi connectivity index (χ1n) is 5.03. The Bertz CT molecular complexity index is 353. The molecule has 5 heteroatoms. The fourth-order valence-electron chi connectivity index (χ4n) is 1.67. The Morgan fingerprint density at radius 2 is 2.33 bits per heavy atom. The Morgan fingerprint density at radius 3 is 2.80 bits per heavy atom. The van der Waals surface area contributed by atoms with E-state index in [2.05, 4.69) is 9.97 Å². The number of aliphatic hydroxyl groups is 1. The van der Waals surface area contributed by atoms with E-state index in [1.54, 1.807) is 4.90 Å². The molecule has 0 saturated carbocycles. The van der Waals surface area contributed by atoms with Gasteiger partial charge in [-0.1, -0.05) is 13.8 Å². The number of β-amino-alcohol motifs (C(OH)–C–C–N with tert-alkyl or cyclic N) is 1. The van der Waals surface area contributed by atoms with E-state index in [1.807, 2.05) is 13.8 Å². The summed E-state index contributed by atoms with van der Waals surface area (Å²) in [6, 6.07) is 0. The van der Waals surface area contributed by atoms with Crippen molar-refractivity contribution in [1.82, 2.24) is 14.9 Å². The number of hydrogen-bond donors (Lipinski definition) is 2. The van der Waals surface area contributed by atoms with Crippen LogP contribution in [0, 0.1) is 5.92 Å². The molecule has 1 aromatic heterocycles. The van der Waals surface area contributed by atoms with Crippen molar-refractivity contribution in [1.29, 1.82) is 0 Å². The quantitative estimate of drug-likeness (QED) is 0.733. The molecule has 1 aliphatic rings. The minimum Gasteiger partial charge on any atom is -0.386 e. The van der Waals surface area contributed by atoms with Crippen LogP contribution in [0.5, 0.6) is 0 Å². The van der Waals surface area contributed by atoms with Crippen LogP contribution >= 0.6 is 0 Å². The third-order valence-corrected chi connectivity index (χ3v) is 3.02. The van der Waals surface area contributed by atoms with Gasteiger partial charge in [0.2, 0.25) is 0 Å². The molecule has 1 amide bonds. The molecule has 1 aliphatic heterocycles. The van der Waals surface area contributed by atoms with Crippen molar-refractivity contribution >= 4 is 5.91 Å². The SMILES string of the molecule is CC(C)C1(O)CN(C(=O)c2cnc[nH]2)C1. The summed E-state index contributed by atoms with van der Waals surface area (Å²) in [7, 11) is 0. The largest absolute Gasteiger partial charge is 0.386 e. The first-order chi connectivity index (χ1) is 7.03. The van der Waals surface area contributed by atoms with Crippen molar-refractivity contribution in [2.75, 3.05) is 13.1 Å². The van der Waals surface area contributed by atoms with Gasteiger partial charge in [-0.25, -0.2) is 4.98 Å². The molecule has 1 aromatic rings. The van der Waals surface area contributed by atoms with Gasteiger partial charge >= 0.3 is 0 Å². The van der Waals surface area contributed by atoms with Crippen LogP contribution in [0.25, 0.3) is 0 Å². The van der Waals surface area contributed by atoms with Crippen molar-refractivity contribution in [2.24, 2.45) is 5.92 Å². The van der Waals surface area contributed by atoms with Crippen molar-refractivity contribution < 1.29 is 9.90 Å². The topological polar surface area (TPSA) is 69.2 Å². The lowest BCUT2D eigenvalue weighted by molar-refractivity contribution is -0.111. The number of carbonyl (C=O) groups is 1. The molecule has 2 rings (SSSR count). The van der Waals surface area contributed by atoms with Crippen molar-refractivity contribution in [3.8, 4) is 0 Å². The summed E-state index contributed by atoms with van der Waals surface area (Å²) in [5, 5.41) is 9.98. The first kappa shape index (κ1) is 10.2. The van der Waals surface area contributed by atoms with E-state index in [9.17, 15) is 9.90 Å². The summed E-state index contributed by atoms with van der Waals surface area (Å²) in [6.45, 7) is 4.72. The molecule has 0 atom stereocenters. The zero-order valence-corrected chi connectivity index (χ0v) is 8.90. The van der Waals surface area contributed by atoms with Crippen molar-refractivity contribution in [3.63, 3.8) is 0 Å². The van der Waals surface area contributed by atoms with E-state index in [0.717, 1.165) is 0 Å². The second kappa shape index (κ2) is 3.34. The number of aromatic amines is 1. The lowest BCUT2D eigenvalue weighted by atomic mass is 9.83. The number of aromatic nitrogens is 2. The fourth-order valence-corrected chi connectivity index (χ4v) is 1.67. The lowest BCUT2D eigenvalue weighted by Crippen LogP contribution is -2.66. The van der Waals surface area contributed by atoms with E-state index in [0.29, 0.717) is 18.8 Å². The monoisotopic (exact) mass is 209 g/mol. The van der Waals surface area contributed by atoms with Crippen LogP contribution in [0.15, 0.2) is 12.5 Å². The van der Waals surface area contributed by atoms with E-state index in [-0.39, 0.29) is 11.8 Å². The standard InChI is InChI=1S/C10H15N3O2/c1-7(2)10(15)4-13(5-10)9(14)8-3-11-6-12-8/h3,6-7,15H,4-5H2,1-2H3,(H,11,12). The van der Waals surface area contributed by atoms with Gasteiger partial charge in [0.25, 0.3) is 5.91 Å². The molecule has 5 nitrogen and oxygen atoms in total. The number of H-pyrrole nitrogens is 1. The van der Waals surface area contributed by atoms with Gasteiger partial charge in [0.1, 0.15) is 11.3 Å². The summed E-state index contributed by atoms with van der Waals surface area (Å²) in [5.74, 6) is 0.0705. The molecule has 0 unspecified atom stereocenters.